The Morgan fingerprint density at radius 1 is 1.10 bits per heavy atom. The molecule has 0 amide bonds. The van der Waals surface area contributed by atoms with E-state index in [1.807, 2.05) is 49.5 Å². The molecule has 0 bridgehead atoms. The maximum Gasteiger partial charge on any atom is 0.251 e. The number of rotatable bonds is 5. The predicted octanol–water partition coefficient (Wildman–Crippen LogP) is 4.60. The summed E-state index contributed by atoms with van der Waals surface area (Å²) < 4.78 is 1.68. The molecule has 3 N–H and O–H groups in total. The summed E-state index contributed by atoms with van der Waals surface area (Å²) in [6.07, 6.45) is 3.37. The van der Waals surface area contributed by atoms with Crippen molar-refractivity contribution in [3.05, 3.63) is 77.0 Å². The highest BCUT2D eigenvalue weighted by molar-refractivity contribution is 7.99. The highest BCUT2D eigenvalue weighted by Crippen LogP contribution is 2.32. The number of aryl methyl sites for hydroxylation is 2. The van der Waals surface area contributed by atoms with E-state index in [0.717, 1.165) is 31.9 Å². The number of hydrogen-bond donors (Lipinski definition) is 2. The van der Waals surface area contributed by atoms with Gasteiger partial charge in [-0.05, 0) is 61.9 Å². The summed E-state index contributed by atoms with van der Waals surface area (Å²) >= 11 is 1.58. The van der Waals surface area contributed by atoms with Crippen LogP contribution in [0.15, 0.2) is 75.6 Å². The number of benzene rings is 2. The molecule has 29 heavy (non-hydrogen) atoms. The van der Waals surface area contributed by atoms with Crippen molar-refractivity contribution < 1.29 is 0 Å². The van der Waals surface area contributed by atoms with Gasteiger partial charge in [-0.2, -0.15) is 0 Å². The maximum absolute atomic E-state index is 12.1. The number of aromatic nitrogens is 3. The topological polar surface area (TPSA) is 85.8 Å². The molecule has 2 aromatic carbocycles. The Morgan fingerprint density at radius 2 is 1.97 bits per heavy atom. The van der Waals surface area contributed by atoms with E-state index in [-0.39, 0.29) is 5.56 Å². The molecular weight excluding hydrogens is 382 g/mol. The summed E-state index contributed by atoms with van der Waals surface area (Å²) in [5.41, 5.74) is 9.48. The number of hydrogen-bond acceptors (Lipinski definition) is 6. The molecule has 0 fully saturated rings. The maximum atomic E-state index is 12.1. The summed E-state index contributed by atoms with van der Waals surface area (Å²) in [6.45, 7) is 4.68. The van der Waals surface area contributed by atoms with Crippen molar-refractivity contribution in [3.8, 4) is 0 Å². The molecule has 0 aliphatic heterocycles. The van der Waals surface area contributed by atoms with Crippen LogP contribution < -0.4 is 16.6 Å². The van der Waals surface area contributed by atoms with E-state index < -0.39 is 0 Å². The van der Waals surface area contributed by atoms with Crippen molar-refractivity contribution in [1.82, 2.24) is 14.5 Å². The van der Waals surface area contributed by atoms with Crippen LogP contribution in [0.2, 0.25) is 0 Å². The SMILES string of the molecule is CCn1ccc(Sc2ccc(Nc3ncnc4ccc(N)cc34)cc2C)cc1=O. The van der Waals surface area contributed by atoms with E-state index in [4.69, 9.17) is 5.73 Å². The standard InChI is InChI=1S/C22H21N5OS/c1-3-27-9-8-17(12-21(27)28)29-20-7-5-16(10-14(20)2)26-22-18-11-15(23)4-6-19(18)24-13-25-22/h4-13H,3,23H2,1-2H3,(H,24,25,26). The molecule has 0 aliphatic carbocycles. The van der Waals surface area contributed by atoms with E-state index in [1.54, 1.807) is 22.4 Å². The molecule has 4 aromatic rings. The lowest BCUT2D eigenvalue weighted by molar-refractivity contribution is 0.722. The zero-order valence-electron chi connectivity index (χ0n) is 16.2. The Labute approximate surface area is 172 Å². The normalized spacial score (nSPS) is 11.0. The second kappa shape index (κ2) is 7.97. The predicted molar refractivity (Wildman–Crippen MR) is 119 cm³/mol. The van der Waals surface area contributed by atoms with Crippen molar-refractivity contribution in [2.75, 3.05) is 11.1 Å². The highest BCUT2D eigenvalue weighted by Gasteiger charge is 2.08. The first-order chi connectivity index (χ1) is 14.0. The largest absolute Gasteiger partial charge is 0.399 e. The van der Waals surface area contributed by atoms with Gasteiger partial charge in [0.25, 0.3) is 5.56 Å². The van der Waals surface area contributed by atoms with Gasteiger partial charge < -0.3 is 15.6 Å². The van der Waals surface area contributed by atoms with Crippen LogP contribution in [0.3, 0.4) is 0 Å². The molecule has 0 aliphatic rings. The number of anilines is 3. The van der Waals surface area contributed by atoms with E-state index >= 15 is 0 Å². The molecule has 4 rings (SSSR count). The fourth-order valence-corrected chi connectivity index (χ4v) is 3.99. The molecule has 0 spiro atoms. The van der Waals surface area contributed by atoms with Crippen LogP contribution in [-0.2, 0) is 6.54 Å². The minimum Gasteiger partial charge on any atom is -0.399 e. The molecule has 0 unspecified atom stereocenters. The number of nitrogen functional groups attached to an aromatic ring is 1. The Kier molecular flexibility index (Phi) is 5.22. The zero-order valence-corrected chi connectivity index (χ0v) is 17.0. The Hall–Kier alpha value is -3.32. The third-order valence-corrected chi connectivity index (χ3v) is 5.80. The van der Waals surface area contributed by atoms with Crippen LogP contribution >= 0.6 is 11.8 Å². The quantitative estimate of drug-likeness (QED) is 0.474. The molecule has 2 aromatic heterocycles. The van der Waals surface area contributed by atoms with E-state index in [0.29, 0.717) is 18.1 Å². The number of pyridine rings is 1. The summed E-state index contributed by atoms with van der Waals surface area (Å²) in [5.74, 6) is 0.713. The molecule has 146 valence electrons. The Bertz CT molecular complexity index is 1250. The number of nitrogens with zero attached hydrogens (tertiary/aromatic N) is 3. The van der Waals surface area contributed by atoms with Gasteiger partial charge in [0.1, 0.15) is 12.1 Å². The molecule has 2 heterocycles. The minimum atomic E-state index is 0.0170. The van der Waals surface area contributed by atoms with Crippen molar-refractivity contribution in [2.45, 2.75) is 30.2 Å². The number of nitrogens with one attached hydrogen (secondary N) is 1. The zero-order chi connectivity index (χ0) is 20.4. The van der Waals surface area contributed by atoms with E-state index in [9.17, 15) is 4.79 Å². The molecule has 0 saturated carbocycles. The fraction of sp³-hybridized carbons (Fsp3) is 0.136. The Balaban J connectivity index is 1.59. The summed E-state index contributed by atoms with van der Waals surface area (Å²) in [7, 11) is 0. The van der Waals surface area contributed by atoms with Crippen LogP contribution in [-0.4, -0.2) is 14.5 Å². The van der Waals surface area contributed by atoms with Crippen LogP contribution in [0, 0.1) is 6.92 Å². The van der Waals surface area contributed by atoms with Crippen LogP contribution in [0.25, 0.3) is 10.9 Å². The Morgan fingerprint density at radius 3 is 2.72 bits per heavy atom. The molecular formula is C22H21N5OS. The summed E-state index contributed by atoms with van der Waals surface area (Å²) in [5, 5.41) is 4.24. The summed E-state index contributed by atoms with van der Waals surface area (Å²) in [6, 6.07) is 15.3. The number of fused-ring (bicyclic) bond motifs is 1. The minimum absolute atomic E-state index is 0.0170. The monoisotopic (exact) mass is 403 g/mol. The second-order valence-corrected chi connectivity index (χ2v) is 7.81. The first-order valence-electron chi connectivity index (χ1n) is 9.30. The van der Waals surface area contributed by atoms with E-state index in [2.05, 4.69) is 28.3 Å². The van der Waals surface area contributed by atoms with Crippen LogP contribution in [0.1, 0.15) is 12.5 Å². The van der Waals surface area contributed by atoms with Gasteiger partial charge in [-0.1, -0.05) is 11.8 Å². The lowest BCUT2D eigenvalue weighted by Crippen LogP contribution is -2.16. The van der Waals surface area contributed by atoms with Crippen molar-refractivity contribution >= 4 is 39.9 Å². The van der Waals surface area contributed by atoms with E-state index in [1.165, 1.54) is 6.33 Å². The smallest absolute Gasteiger partial charge is 0.251 e. The average molecular weight is 404 g/mol. The fourth-order valence-electron chi connectivity index (χ4n) is 3.09. The third kappa shape index (κ3) is 4.09. The number of nitrogens with two attached hydrogens (primary N) is 1. The van der Waals surface area contributed by atoms with Gasteiger partial charge in [0, 0.05) is 45.4 Å². The van der Waals surface area contributed by atoms with Gasteiger partial charge in [-0.15, -0.1) is 0 Å². The first-order valence-corrected chi connectivity index (χ1v) is 10.1. The van der Waals surface area contributed by atoms with Gasteiger partial charge in [-0.3, -0.25) is 4.79 Å². The van der Waals surface area contributed by atoms with Gasteiger partial charge in [-0.25, -0.2) is 9.97 Å². The van der Waals surface area contributed by atoms with Gasteiger partial charge in [0.05, 0.1) is 5.52 Å². The first kappa shape index (κ1) is 19.0. The molecule has 0 saturated heterocycles. The molecule has 7 heteroatoms. The van der Waals surface area contributed by atoms with Crippen molar-refractivity contribution in [3.63, 3.8) is 0 Å². The second-order valence-electron chi connectivity index (χ2n) is 6.69. The molecule has 0 radical (unpaired) electrons. The van der Waals surface area contributed by atoms with Gasteiger partial charge in [0.15, 0.2) is 0 Å². The van der Waals surface area contributed by atoms with Crippen molar-refractivity contribution in [2.24, 2.45) is 0 Å². The summed E-state index contributed by atoms with van der Waals surface area (Å²) in [4.78, 5) is 22.7. The third-order valence-electron chi connectivity index (χ3n) is 4.63. The lowest BCUT2D eigenvalue weighted by Gasteiger charge is -2.12. The average Bonchev–Trinajstić information content (AvgIpc) is 2.71. The van der Waals surface area contributed by atoms with Crippen molar-refractivity contribution in [1.29, 1.82) is 0 Å². The van der Waals surface area contributed by atoms with Crippen LogP contribution in [0.4, 0.5) is 17.2 Å². The van der Waals surface area contributed by atoms with Gasteiger partial charge >= 0.3 is 0 Å². The highest BCUT2D eigenvalue weighted by atomic mass is 32.2. The van der Waals surface area contributed by atoms with Crippen LogP contribution in [0.5, 0.6) is 0 Å². The lowest BCUT2D eigenvalue weighted by atomic mass is 10.2. The van der Waals surface area contributed by atoms with Gasteiger partial charge in [0.2, 0.25) is 0 Å². The molecule has 0 atom stereocenters. The molecule has 6 nitrogen and oxygen atoms in total.